The molecule has 0 bridgehead atoms. The van der Waals surface area contributed by atoms with Gasteiger partial charge in [0.05, 0.1) is 6.04 Å². The van der Waals surface area contributed by atoms with Crippen LogP contribution in [0.2, 0.25) is 0 Å². The Morgan fingerprint density at radius 3 is 2.58 bits per heavy atom. The minimum atomic E-state index is -1.16. The van der Waals surface area contributed by atoms with Gasteiger partial charge in [0.25, 0.3) is 0 Å². The summed E-state index contributed by atoms with van der Waals surface area (Å²) in [5.74, 6) is -0.386. The Morgan fingerprint density at radius 2 is 2.08 bits per heavy atom. The lowest BCUT2D eigenvalue weighted by Gasteiger charge is -2.12. The van der Waals surface area contributed by atoms with Gasteiger partial charge in [-0.05, 0) is 24.6 Å². The zero-order chi connectivity index (χ0) is 9.14. The summed E-state index contributed by atoms with van der Waals surface area (Å²) >= 11 is 0. The summed E-state index contributed by atoms with van der Waals surface area (Å²) in [7, 11) is 0. The van der Waals surface area contributed by atoms with Crippen molar-refractivity contribution < 1.29 is 8.78 Å². The summed E-state index contributed by atoms with van der Waals surface area (Å²) in [5, 5.41) is 0. The highest BCUT2D eigenvalue weighted by molar-refractivity contribution is 5.20. The number of rotatable bonds is 2. The van der Waals surface area contributed by atoms with Crippen molar-refractivity contribution in [1.82, 2.24) is 0 Å². The van der Waals surface area contributed by atoms with Crippen LogP contribution in [0.4, 0.5) is 8.78 Å². The average molecular weight is 171 g/mol. The molecule has 2 unspecified atom stereocenters. The van der Waals surface area contributed by atoms with E-state index in [2.05, 4.69) is 0 Å². The highest BCUT2D eigenvalue weighted by atomic mass is 19.1. The third-order valence-electron chi connectivity index (χ3n) is 1.73. The van der Waals surface area contributed by atoms with Gasteiger partial charge in [-0.25, -0.2) is 8.78 Å². The molecule has 1 aromatic carbocycles. The number of nitrogens with two attached hydrogens (primary N) is 1. The van der Waals surface area contributed by atoms with Gasteiger partial charge in [-0.2, -0.15) is 0 Å². The molecule has 3 heteroatoms. The third kappa shape index (κ3) is 2.01. The maximum absolute atomic E-state index is 12.7. The number of benzene rings is 1. The third-order valence-corrected chi connectivity index (χ3v) is 1.73. The van der Waals surface area contributed by atoms with Crippen molar-refractivity contribution >= 4 is 0 Å². The van der Waals surface area contributed by atoms with Gasteiger partial charge >= 0.3 is 0 Å². The van der Waals surface area contributed by atoms with E-state index in [-0.39, 0.29) is 5.82 Å². The standard InChI is InChI=1S/C9H11F2N/c1-6(10)9(12)7-3-2-4-8(11)5-7/h2-6,9H,12H2,1H3. The normalized spacial score (nSPS) is 15.7. The van der Waals surface area contributed by atoms with Gasteiger partial charge in [0.2, 0.25) is 0 Å². The first-order chi connectivity index (χ1) is 5.61. The second kappa shape index (κ2) is 3.63. The zero-order valence-corrected chi connectivity index (χ0v) is 6.80. The van der Waals surface area contributed by atoms with Crippen LogP contribution in [0.1, 0.15) is 18.5 Å². The van der Waals surface area contributed by atoms with Crippen molar-refractivity contribution in [2.75, 3.05) is 0 Å². The van der Waals surface area contributed by atoms with E-state index in [0.29, 0.717) is 5.56 Å². The summed E-state index contributed by atoms with van der Waals surface area (Å²) < 4.78 is 25.3. The van der Waals surface area contributed by atoms with E-state index in [1.165, 1.54) is 25.1 Å². The molecule has 66 valence electrons. The Labute approximate surface area is 70.2 Å². The molecule has 0 saturated carbocycles. The molecule has 1 aromatic rings. The number of alkyl halides is 1. The van der Waals surface area contributed by atoms with Gasteiger partial charge in [0.1, 0.15) is 12.0 Å². The van der Waals surface area contributed by atoms with Gasteiger partial charge in [-0.15, -0.1) is 0 Å². The largest absolute Gasteiger partial charge is 0.322 e. The predicted molar refractivity (Wildman–Crippen MR) is 43.9 cm³/mol. The van der Waals surface area contributed by atoms with Crippen LogP contribution >= 0.6 is 0 Å². The van der Waals surface area contributed by atoms with Gasteiger partial charge in [0.15, 0.2) is 0 Å². The fourth-order valence-corrected chi connectivity index (χ4v) is 0.979. The first kappa shape index (κ1) is 9.13. The second-order valence-corrected chi connectivity index (χ2v) is 2.76. The molecule has 0 aliphatic heterocycles. The molecule has 0 amide bonds. The number of hydrogen-bond acceptors (Lipinski definition) is 1. The Bertz CT molecular complexity index is 260. The lowest BCUT2D eigenvalue weighted by Crippen LogP contribution is -2.19. The van der Waals surface area contributed by atoms with Crippen LogP contribution in [0.3, 0.4) is 0 Å². The Kier molecular flexibility index (Phi) is 2.76. The molecule has 0 radical (unpaired) electrons. The van der Waals surface area contributed by atoms with E-state index in [0.717, 1.165) is 0 Å². The van der Waals surface area contributed by atoms with E-state index in [4.69, 9.17) is 5.73 Å². The van der Waals surface area contributed by atoms with Gasteiger partial charge in [-0.3, -0.25) is 0 Å². The number of hydrogen-bond donors (Lipinski definition) is 1. The van der Waals surface area contributed by atoms with E-state index in [9.17, 15) is 8.78 Å². The van der Waals surface area contributed by atoms with Crippen molar-refractivity contribution in [2.45, 2.75) is 19.1 Å². The Morgan fingerprint density at radius 1 is 1.42 bits per heavy atom. The fourth-order valence-electron chi connectivity index (χ4n) is 0.979. The first-order valence-corrected chi connectivity index (χ1v) is 3.76. The molecular weight excluding hydrogens is 160 g/mol. The van der Waals surface area contributed by atoms with Crippen LogP contribution in [0.25, 0.3) is 0 Å². The molecule has 2 N–H and O–H groups in total. The molecule has 0 saturated heterocycles. The predicted octanol–water partition coefficient (Wildman–Crippen LogP) is 2.18. The summed E-state index contributed by atoms with van der Waals surface area (Å²) in [6.07, 6.45) is -1.16. The molecule has 0 aromatic heterocycles. The van der Waals surface area contributed by atoms with E-state index in [1.54, 1.807) is 6.07 Å². The van der Waals surface area contributed by atoms with Crippen molar-refractivity contribution in [2.24, 2.45) is 5.73 Å². The zero-order valence-electron chi connectivity index (χ0n) is 6.80. The highest BCUT2D eigenvalue weighted by Crippen LogP contribution is 2.16. The Hall–Kier alpha value is -0.960. The van der Waals surface area contributed by atoms with Crippen LogP contribution in [-0.2, 0) is 0 Å². The SMILES string of the molecule is CC(F)C(N)c1cccc(F)c1. The van der Waals surface area contributed by atoms with Crippen LogP contribution in [0, 0.1) is 5.82 Å². The summed E-state index contributed by atoms with van der Waals surface area (Å²) in [5.41, 5.74) is 5.96. The fraction of sp³-hybridized carbons (Fsp3) is 0.333. The molecule has 0 heterocycles. The van der Waals surface area contributed by atoms with Crippen LogP contribution in [-0.4, -0.2) is 6.17 Å². The molecular formula is C9H11F2N. The molecule has 0 fully saturated rings. The van der Waals surface area contributed by atoms with Gasteiger partial charge in [-0.1, -0.05) is 12.1 Å². The van der Waals surface area contributed by atoms with Gasteiger partial charge < -0.3 is 5.73 Å². The summed E-state index contributed by atoms with van der Waals surface area (Å²) in [4.78, 5) is 0. The topological polar surface area (TPSA) is 26.0 Å². The van der Waals surface area contributed by atoms with Crippen molar-refractivity contribution in [3.05, 3.63) is 35.6 Å². The molecule has 0 spiro atoms. The van der Waals surface area contributed by atoms with Crippen molar-refractivity contribution in [3.63, 3.8) is 0 Å². The molecule has 1 rings (SSSR count). The number of halogens is 2. The molecule has 0 aliphatic carbocycles. The lowest BCUT2D eigenvalue weighted by molar-refractivity contribution is 0.309. The van der Waals surface area contributed by atoms with E-state index < -0.39 is 12.2 Å². The van der Waals surface area contributed by atoms with E-state index >= 15 is 0 Å². The molecule has 1 nitrogen and oxygen atoms in total. The van der Waals surface area contributed by atoms with E-state index in [1.807, 2.05) is 0 Å². The monoisotopic (exact) mass is 171 g/mol. The molecule has 12 heavy (non-hydrogen) atoms. The molecule has 0 aliphatic rings. The lowest BCUT2D eigenvalue weighted by atomic mass is 10.0. The minimum absolute atomic E-state index is 0.386. The minimum Gasteiger partial charge on any atom is -0.322 e. The maximum atomic E-state index is 12.7. The molecule has 2 atom stereocenters. The summed E-state index contributed by atoms with van der Waals surface area (Å²) in [6, 6.07) is 4.96. The Balaban J connectivity index is 2.88. The highest BCUT2D eigenvalue weighted by Gasteiger charge is 2.13. The van der Waals surface area contributed by atoms with Gasteiger partial charge in [0, 0.05) is 0 Å². The quantitative estimate of drug-likeness (QED) is 0.725. The summed E-state index contributed by atoms with van der Waals surface area (Å²) in [6.45, 7) is 1.36. The van der Waals surface area contributed by atoms with Crippen LogP contribution in [0.5, 0.6) is 0 Å². The van der Waals surface area contributed by atoms with Crippen LogP contribution in [0.15, 0.2) is 24.3 Å². The van der Waals surface area contributed by atoms with Crippen molar-refractivity contribution in [3.8, 4) is 0 Å². The first-order valence-electron chi connectivity index (χ1n) is 3.76. The smallest absolute Gasteiger partial charge is 0.123 e. The maximum Gasteiger partial charge on any atom is 0.123 e. The average Bonchev–Trinajstić information content (AvgIpc) is 2.03. The van der Waals surface area contributed by atoms with Crippen LogP contribution < -0.4 is 5.73 Å². The van der Waals surface area contributed by atoms with Crippen molar-refractivity contribution in [1.29, 1.82) is 0 Å². The second-order valence-electron chi connectivity index (χ2n) is 2.76.